The molecule has 104 valence electrons. The summed E-state index contributed by atoms with van der Waals surface area (Å²) in [5.41, 5.74) is 0.206. The maximum atomic E-state index is 13.6. The highest BCUT2D eigenvalue weighted by Gasteiger charge is 2.16. The van der Waals surface area contributed by atoms with Crippen LogP contribution in [0.1, 0.15) is 15.9 Å². The minimum Gasteiger partial charge on any atom is -0.294 e. The van der Waals surface area contributed by atoms with Crippen molar-refractivity contribution in [3.8, 4) is 0 Å². The minimum atomic E-state index is -0.860. The Bertz CT molecular complexity index is 686. The van der Waals surface area contributed by atoms with Crippen LogP contribution in [0.4, 0.5) is 8.78 Å². The number of rotatable bonds is 3. The molecule has 0 aliphatic rings. The first kappa shape index (κ1) is 15.2. The first-order valence-corrected chi connectivity index (χ1v) is 6.63. The second-order valence-electron chi connectivity index (χ2n) is 4.09. The average molecular weight is 336 g/mol. The van der Waals surface area contributed by atoms with Gasteiger partial charge in [0.25, 0.3) is 0 Å². The van der Waals surface area contributed by atoms with Crippen molar-refractivity contribution < 1.29 is 13.6 Å². The van der Waals surface area contributed by atoms with Crippen molar-refractivity contribution in [3.63, 3.8) is 0 Å². The molecule has 6 heteroatoms. The summed E-state index contributed by atoms with van der Waals surface area (Å²) in [6.07, 6.45) is -0.116. The third-order valence-corrected chi connectivity index (χ3v) is 3.69. The molecule has 0 N–H and O–H groups in total. The highest BCUT2D eigenvalue weighted by molar-refractivity contribution is 6.42. The van der Waals surface area contributed by atoms with E-state index >= 15 is 0 Å². The Labute approximate surface area is 129 Å². The van der Waals surface area contributed by atoms with Gasteiger partial charge in [0, 0.05) is 6.42 Å². The molecule has 0 fully saturated rings. The predicted molar refractivity (Wildman–Crippen MR) is 75.9 cm³/mol. The molecule has 0 spiro atoms. The van der Waals surface area contributed by atoms with E-state index < -0.39 is 17.4 Å². The van der Waals surface area contributed by atoms with E-state index in [0.717, 1.165) is 12.1 Å². The normalized spacial score (nSPS) is 10.7. The number of ketones is 1. The average Bonchev–Trinajstić information content (AvgIpc) is 2.38. The van der Waals surface area contributed by atoms with Crippen LogP contribution in [0.5, 0.6) is 0 Å². The lowest BCUT2D eigenvalue weighted by molar-refractivity contribution is 0.0988. The molecule has 0 aliphatic carbocycles. The van der Waals surface area contributed by atoms with Gasteiger partial charge in [-0.15, -0.1) is 0 Å². The monoisotopic (exact) mass is 334 g/mol. The maximum absolute atomic E-state index is 13.6. The summed E-state index contributed by atoms with van der Waals surface area (Å²) < 4.78 is 26.9. The van der Waals surface area contributed by atoms with E-state index in [1.165, 1.54) is 12.1 Å². The Balaban J connectivity index is 2.28. The second kappa shape index (κ2) is 6.08. The fourth-order valence-electron chi connectivity index (χ4n) is 1.67. The van der Waals surface area contributed by atoms with E-state index in [1.54, 1.807) is 6.07 Å². The lowest BCUT2D eigenvalue weighted by Crippen LogP contribution is -2.07. The number of carbonyl (C=O) groups excluding carboxylic acids is 1. The minimum absolute atomic E-state index is 0.116. The van der Waals surface area contributed by atoms with Gasteiger partial charge in [0.2, 0.25) is 0 Å². The zero-order chi connectivity index (χ0) is 14.9. The van der Waals surface area contributed by atoms with Crippen molar-refractivity contribution in [2.24, 2.45) is 0 Å². The molecule has 0 heterocycles. The molecule has 2 aromatic carbocycles. The van der Waals surface area contributed by atoms with Crippen molar-refractivity contribution in [3.05, 3.63) is 68.2 Å². The van der Waals surface area contributed by atoms with Crippen LogP contribution >= 0.6 is 34.8 Å². The molecule has 0 unspecified atom stereocenters. The smallest absolute Gasteiger partial charge is 0.170 e. The highest BCUT2D eigenvalue weighted by atomic mass is 35.5. The van der Waals surface area contributed by atoms with Gasteiger partial charge in [-0.2, -0.15) is 0 Å². The molecule has 0 aliphatic heterocycles. The quantitative estimate of drug-likeness (QED) is 0.546. The van der Waals surface area contributed by atoms with E-state index in [4.69, 9.17) is 34.8 Å². The Hall–Kier alpha value is -1.16. The second-order valence-corrected chi connectivity index (χ2v) is 5.32. The van der Waals surface area contributed by atoms with Crippen LogP contribution in [0.2, 0.25) is 15.1 Å². The predicted octanol–water partition coefficient (Wildman–Crippen LogP) is 5.35. The van der Waals surface area contributed by atoms with E-state index in [9.17, 15) is 13.6 Å². The SMILES string of the molecule is O=C(Cc1ccc(Cl)c(Cl)c1)c1cc(F)c(Cl)cc1F. The van der Waals surface area contributed by atoms with Crippen molar-refractivity contribution in [2.75, 3.05) is 0 Å². The third kappa shape index (κ3) is 3.29. The molecular weight excluding hydrogens is 329 g/mol. The van der Waals surface area contributed by atoms with Crippen molar-refractivity contribution >= 4 is 40.6 Å². The lowest BCUT2D eigenvalue weighted by atomic mass is 10.0. The molecule has 0 amide bonds. The number of carbonyl (C=O) groups is 1. The topological polar surface area (TPSA) is 17.1 Å². The number of hydrogen-bond acceptors (Lipinski definition) is 1. The van der Waals surface area contributed by atoms with Gasteiger partial charge in [-0.05, 0) is 29.8 Å². The Morgan fingerprint density at radius 2 is 1.60 bits per heavy atom. The molecule has 0 saturated heterocycles. The Morgan fingerprint density at radius 1 is 0.900 bits per heavy atom. The van der Waals surface area contributed by atoms with Gasteiger partial charge in [0.05, 0.1) is 20.6 Å². The molecule has 0 bridgehead atoms. The van der Waals surface area contributed by atoms with Gasteiger partial charge in [-0.3, -0.25) is 4.79 Å². The van der Waals surface area contributed by atoms with Gasteiger partial charge < -0.3 is 0 Å². The molecular formula is C14H7Cl3F2O. The third-order valence-electron chi connectivity index (χ3n) is 2.66. The van der Waals surface area contributed by atoms with Gasteiger partial charge in [-0.25, -0.2) is 8.78 Å². The molecule has 0 saturated carbocycles. The number of Topliss-reactive ketones (excluding diaryl/α,β-unsaturated/α-hetero) is 1. The molecule has 20 heavy (non-hydrogen) atoms. The first-order valence-electron chi connectivity index (χ1n) is 5.50. The van der Waals surface area contributed by atoms with Crippen LogP contribution < -0.4 is 0 Å². The standard InChI is InChI=1S/C14H7Cl3F2O/c15-9-2-1-7(3-10(9)16)4-14(20)8-5-13(19)11(17)6-12(8)18/h1-3,5-6H,4H2. The summed E-state index contributed by atoms with van der Waals surface area (Å²) in [7, 11) is 0. The molecule has 0 radical (unpaired) electrons. The summed E-state index contributed by atoms with van der Waals surface area (Å²) in [5.74, 6) is -2.27. The zero-order valence-corrected chi connectivity index (χ0v) is 12.2. The van der Waals surface area contributed by atoms with Crippen LogP contribution in [0.25, 0.3) is 0 Å². The fourth-order valence-corrected chi connectivity index (χ4v) is 2.14. The van der Waals surface area contributed by atoms with Gasteiger partial charge >= 0.3 is 0 Å². The van der Waals surface area contributed by atoms with Crippen LogP contribution in [0.15, 0.2) is 30.3 Å². The number of hydrogen-bond donors (Lipinski definition) is 0. The lowest BCUT2D eigenvalue weighted by Gasteiger charge is -2.05. The first-order chi connectivity index (χ1) is 9.38. The number of halogens is 5. The van der Waals surface area contributed by atoms with E-state index in [2.05, 4.69) is 0 Å². The molecule has 1 nitrogen and oxygen atoms in total. The summed E-state index contributed by atoms with van der Waals surface area (Å²) in [6.45, 7) is 0. The number of benzene rings is 2. The summed E-state index contributed by atoms with van der Waals surface area (Å²) in [5, 5.41) is 0.278. The van der Waals surface area contributed by atoms with E-state index in [1.807, 2.05) is 0 Å². The summed E-state index contributed by atoms with van der Waals surface area (Å²) in [4.78, 5) is 12.0. The molecule has 2 aromatic rings. The van der Waals surface area contributed by atoms with Crippen molar-refractivity contribution in [1.29, 1.82) is 0 Å². The van der Waals surface area contributed by atoms with Gasteiger partial charge in [0.1, 0.15) is 11.6 Å². The molecule has 0 atom stereocenters. The van der Waals surface area contributed by atoms with E-state index in [0.29, 0.717) is 15.6 Å². The summed E-state index contributed by atoms with van der Waals surface area (Å²) >= 11 is 17.0. The largest absolute Gasteiger partial charge is 0.294 e. The van der Waals surface area contributed by atoms with Crippen LogP contribution in [0.3, 0.4) is 0 Å². The van der Waals surface area contributed by atoms with Crippen molar-refractivity contribution in [1.82, 2.24) is 0 Å². The van der Waals surface area contributed by atoms with Crippen molar-refractivity contribution in [2.45, 2.75) is 6.42 Å². The fraction of sp³-hybridized carbons (Fsp3) is 0.0714. The maximum Gasteiger partial charge on any atom is 0.170 e. The van der Waals surface area contributed by atoms with Crippen LogP contribution in [-0.2, 0) is 6.42 Å². The molecule has 0 aromatic heterocycles. The van der Waals surface area contributed by atoms with Crippen LogP contribution in [0, 0.1) is 11.6 Å². The Morgan fingerprint density at radius 3 is 2.25 bits per heavy atom. The zero-order valence-electron chi connectivity index (χ0n) is 9.89. The van der Waals surface area contributed by atoms with E-state index in [-0.39, 0.29) is 17.0 Å². The summed E-state index contributed by atoms with van der Waals surface area (Å²) in [6, 6.07) is 6.20. The Kier molecular flexibility index (Phi) is 4.63. The van der Waals surface area contributed by atoms with Crippen LogP contribution in [-0.4, -0.2) is 5.78 Å². The highest BCUT2D eigenvalue weighted by Crippen LogP contribution is 2.24. The van der Waals surface area contributed by atoms with Gasteiger partial charge in [-0.1, -0.05) is 40.9 Å². The molecule has 2 rings (SSSR count). The van der Waals surface area contributed by atoms with Gasteiger partial charge in [0.15, 0.2) is 5.78 Å².